The van der Waals surface area contributed by atoms with Gasteiger partial charge < -0.3 is 29.5 Å². The van der Waals surface area contributed by atoms with Crippen molar-refractivity contribution >= 4 is 11.8 Å². The quantitative estimate of drug-likeness (QED) is 0.523. The second-order valence-corrected chi connectivity index (χ2v) is 11.2. The molecule has 2 saturated heterocycles. The largest absolute Gasteiger partial charge is 0.459 e. The summed E-state index contributed by atoms with van der Waals surface area (Å²) < 4.78 is 18.3. The molecule has 0 aliphatic carbocycles. The van der Waals surface area contributed by atoms with E-state index >= 15 is 0 Å². The highest BCUT2D eigenvalue weighted by atomic mass is 16.7. The topological polar surface area (TPSA) is 123 Å². The van der Waals surface area contributed by atoms with Gasteiger partial charge in [-0.15, -0.1) is 0 Å². The Morgan fingerprint density at radius 3 is 2.17 bits per heavy atom. The van der Waals surface area contributed by atoms with Crippen LogP contribution in [0.25, 0.3) is 0 Å². The van der Waals surface area contributed by atoms with Crippen molar-refractivity contribution in [3.05, 3.63) is 35.9 Å². The van der Waals surface area contributed by atoms with Gasteiger partial charge in [0, 0.05) is 23.3 Å². The maximum atomic E-state index is 13.3. The van der Waals surface area contributed by atoms with Crippen LogP contribution in [-0.4, -0.2) is 62.7 Å². The van der Waals surface area contributed by atoms with Gasteiger partial charge in [-0.05, 0) is 33.6 Å². The van der Waals surface area contributed by atoms with Crippen molar-refractivity contribution < 1.29 is 39.1 Å². The van der Waals surface area contributed by atoms with Crippen molar-refractivity contribution in [3.8, 4) is 0 Å². The molecule has 1 aromatic carbocycles. The van der Waals surface area contributed by atoms with Crippen LogP contribution in [0.5, 0.6) is 0 Å². The normalized spacial score (nSPS) is 45.0. The van der Waals surface area contributed by atoms with Crippen LogP contribution in [0.15, 0.2) is 30.3 Å². The molecule has 0 amide bonds. The fourth-order valence-corrected chi connectivity index (χ4v) is 5.92. The Morgan fingerprint density at radius 2 is 1.58 bits per heavy atom. The molecule has 3 rings (SSSR count). The zero-order valence-electron chi connectivity index (χ0n) is 22.4. The lowest BCUT2D eigenvalue weighted by atomic mass is 9.73. The zero-order chi connectivity index (χ0) is 27.0. The third kappa shape index (κ3) is 5.53. The van der Waals surface area contributed by atoms with Crippen LogP contribution >= 0.6 is 0 Å². The summed E-state index contributed by atoms with van der Waals surface area (Å²) in [4.78, 5) is 26.6. The SMILES string of the molecule is CC[C@H]1OC(=O)[C@H](C)[C@H]2O[C@@H](c3ccccc3)O[C@H]([C@H]2C)[C@](C)(O)C[C@@H](C)C(=O)[C@H](C)[C@@H](O)[C@]1(C)O. The lowest BCUT2D eigenvalue weighted by Crippen LogP contribution is -2.59. The molecular formula is C28H42O8. The summed E-state index contributed by atoms with van der Waals surface area (Å²) in [6.07, 6.45) is -4.44. The molecule has 202 valence electrons. The first-order valence-corrected chi connectivity index (χ1v) is 12.9. The lowest BCUT2D eigenvalue weighted by molar-refractivity contribution is -0.312. The second-order valence-electron chi connectivity index (χ2n) is 11.2. The summed E-state index contributed by atoms with van der Waals surface area (Å²) >= 11 is 0. The number of aliphatic hydroxyl groups is 3. The van der Waals surface area contributed by atoms with Crippen LogP contribution in [0.1, 0.15) is 73.2 Å². The Labute approximate surface area is 213 Å². The van der Waals surface area contributed by atoms with Crippen molar-refractivity contribution in [1.82, 2.24) is 0 Å². The van der Waals surface area contributed by atoms with E-state index in [-0.39, 0.29) is 18.6 Å². The number of carbonyl (C=O) groups is 2. The van der Waals surface area contributed by atoms with Crippen LogP contribution < -0.4 is 0 Å². The van der Waals surface area contributed by atoms with Crippen molar-refractivity contribution in [3.63, 3.8) is 0 Å². The Morgan fingerprint density at radius 1 is 0.972 bits per heavy atom. The van der Waals surface area contributed by atoms with Crippen molar-refractivity contribution in [2.45, 2.75) is 103 Å². The molecule has 2 bridgehead atoms. The molecule has 3 N–H and O–H groups in total. The van der Waals surface area contributed by atoms with Crippen LogP contribution in [0, 0.1) is 23.7 Å². The Hall–Kier alpha value is -1.84. The minimum atomic E-state index is -1.86. The Kier molecular flexibility index (Phi) is 8.68. The van der Waals surface area contributed by atoms with E-state index in [0.29, 0.717) is 0 Å². The molecule has 8 heteroatoms. The van der Waals surface area contributed by atoms with Gasteiger partial charge in [-0.3, -0.25) is 9.59 Å². The molecule has 2 heterocycles. The molecule has 1 aromatic rings. The highest BCUT2D eigenvalue weighted by molar-refractivity contribution is 5.83. The first kappa shape index (κ1) is 28.7. The minimum Gasteiger partial charge on any atom is -0.459 e. The van der Waals surface area contributed by atoms with E-state index in [0.717, 1.165) is 5.56 Å². The summed E-state index contributed by atoms with van der Waals surface area (Å²) in [5.41, 5.74) is -2.56. The average molecular weight is 507 g/mol. The first-order valence-electron chi connectivity index (χ1n) is 12.9. The first-order chi connectivity index (χ1) is 16.7. The second kappa shape index (κ2) is 10.9. The third-order valence-electron chi connectivity index (χ3n) is 8.10. The zero-order valence-corrected chi connectivity index (χ0v) is 22.4. The van der Waals surface area contributed by atoms with Gasteiger partial charge in [-0.25, -0.2) is 0 Å². The Bertz CT molecular complexity index is 913. The molecular weight excluding hydrogens is 464 g/mol. The highest BCUT2D eigenvalue weighted by Gasteiger charge is 2.52. The van der Waals surface area contributed by atoms with Gasteiger partial charge >= 0.3 is 5.97 Å². The number of Topliss-reactive ketones (excluding diaryl/α,β-unsaturated/α-hetero) is 1. The van der Waals surface area contributed by atoms with Gasteiger partial charge in [0.05, 0.1) is 29.8 Å². The number of aliphatic hydroxyl groups excluding tert-OH is 1. The van der Waals surface area contributed by atoms with Gasteiger partial charge in [0.2, 0.25) is 0 Å². The molecule has 0 saturated carbocycles. The van der Waals surface area contributed by atoms with E-state index in [1.54, 1.807) is 34.6 Å². The van der Waals surface area contributed by atoms with Crippen molar-refractivity contribution in [1.29, 1.82) is 0 Å². The maximum absolute atomic E-state index is 13.3. The van der Waals surface area contributed by atoms with Crippen molar-refractivity contribution in [2.75, 3.05) is 0 Å². The summed E-state index contributed by atoms with van der Waals surface area (Å²) in [5, 5.41) is 33.9. The number of ketones is 1. The standard InChI is InChI=1S/C28H42O8/c1-8-20-28(7,33)23(30)16(3)21(29)15(2)14-27(6,32)24-17(4)22(18(5)25(31)34-20)35-26(36-24)19-12-10-9-11-13-19/h9-13,15-18,20,22-24,26,30,32-33H,8,14H2,1-7H3/t15-,16+,17+,18-,20-,22+,23-,24-,26-,27-,28-/m1/s1. The smallest absolute Gasteiger partial charge is 0.311 e. The number of esters is 1. The molecule has 2 aliphatic rings. The molecule has 36 heavy (non-hydrogen) atoms. The van der Waals surface area contributed by atoms with E-state index in [4.69, 9.17) is 14.2 Å². The number of carbonyl (C=O) groups excluding carboxylic acids is 2. The number of hydrogen-bond donors (Lipinski definition) is 3. The molecule has 0 spiro atoms. The number of fused-ring (bicyclic) bond motifs is 2. The van der Waals surface area contributed by atoms with Crippen LogP contribution in [0.4, 0.5) is 0 Å². The number of cyclic esters (lactones) is 1. The number of hydrogen-bond acceptors (Lipinski definition) is 8. The number of ether oxygens (including phenoxy) is 3. The number of rotatable bonds is 2. The molecule has 11 atom stereocenters. The average Bonchev–Trinajstić information content (AvgIpc) is 2.84. The molecule has 0 radical (unpaired) electrons. The van der Waals surface area contributed by atoms with Gasteiger partial charge in [-0.2, -0.15) is 0 Å². The van der Waals surface area contributed by atoms with Gasteiger partial charge in [0.15, 0.2) is 6.29 Å². The summed E-state index contributed by atoms with van der Waals surface area (Å²) in [7, 11) is 0. The highest BCUT2D eigenvalue weighted by Crippen LogP contribution is 2.43. The lowest BCUT2D eigenvalue weighted by Gasteiger charge is -2.48. The third-order valence-corrected chi connectivity index (χ3v) is 8.10. The summed E-state index contributed by atoms with van der Waals surface area (Å²) in [6.45, 7) is 11.6. The van der Waals surface area contributed by atoms with E-state index in [1.165, 1.54) is 6.92 Å². The number of benzene rings is 1. The summed E-state index contributed by atoms with van der Waals surface area (Å²) in [6, 6.07) is 9.29. The monoisotopic (exact) mass is 506 g/mol. The summed E-state index contributed by atoms with van der Waals surface area (Å²) in [5.74, 6) is -3.65. The molecule has 8 nitrogen and oxygen atoms in total. The van der Waals surface area contributed by atoms with Crippen LogP contribution in [0.2, 0.25) is 0 Å². The van der Waals surface area contributed by atoms with Gasteiger partial charge in [0.25, 0.3) is 0 Å². The fourth-order valence-electron chi connectivity index (χ4n) is 5.92. The molecule has 2 fully saturated rings. The van der Waals surface area contributed by atoms with Crippen LogP contribution in [0.3, 0.4) is 0 Å². The van der Waals surface area contributed by atoms with Gasteiger partial charge in [-0.1, -0.05) is 58.0 Å². The van der Waals surface area contributed by atoms with E-state index in [1.807, 2.05) is 37.3 Å². The Balaban J connectivity index is 2.08. The van der Waals surface area contributed by atoms with Gasteiger partial charge in [0.1, 0.15) is 17.5 Å². The predicted molar refractivity (Wildman–Crippen MR) is 133 cm³/mol. The van der Waals surface area contributed by atoms with E-state index in [2.05, 4.69) is 0 Å². The minimum absolute atomic E-state index is 0.0737. The fraction of sp³-hybridized carbons (Fsp3) is 0.714. The van der Waals surface area contributed by atoms with E-state index in [9.17, 15) is 24.9 Å². The molecule has 0 unspecified atom stereocenters. The van der Waals surface area contributed by atoms with Crippen molar-refractivity contribution in [2.24, 2.45) is 23.7 Å². The van der Waals surface area contributed by atoms with E-state index < -0.39 is 71.5 Å². The predicted octanol–water partition coefficient (Wildman–Crippen LogP) is 3.17. The van der Waals surface area contributed by atoms with Crippen LogP contribution in [-0.2, 0) is 23.8 Å². The molecule has 0 aromatic heterocycles. The molecule has 2 aliphatic heterocycles. The maximum Gasteiger partial charge on any atom is 0.311 e.